The Kier molecular flexibility index (Phi) is 3.24. The van der Waals surface area contributed by atoms with Crippen molar-refractivity contribution in [3.63, 3.8) is 0 Å². The highest BCUT2D eigenvalue weighted by Gasteiger charge is 2.28. The van der Waals surface area contributed by atoms with Crippen molar-refractivity contribution in [1.82, 2.24) is 4.98 Å². The Morgan fingerprint density at radius 1 is 1.30 bits per heavy atom. The summed E-state index contributed by atoms with van der Waals surface area (Å²) in [5.74, 6) is -0.319. The van der Waals surface area contributed by atoms with Gasteiger partial charge in [0.25, 0.3) is 0 Å². The van der Waals surface area contributed by atoms with E-state index in [2.05, 4.69) is 17.2 Å². The summed E-state index contributed by atoms with van der Waals surface area (Å²) >= 11 is 0. The minimum atomic E-state index is -0.319. The van der Waals surface area contributed by atoms with E-state index >= 15 is 0 Å². The summed E-state index contributed by atoms with van der Waals surface area (Å²) in [6.45, 7) is 2.16. The van der Waals surface area contributed by atoms with E-state index in [0.717, 1.165) is 18.2 Å². The molecular weight excluding hydrogens is 253 g/mol. The molecule has 0 spiro atoms. The highest BCUT2D eigenvalue weighted by Crippen LogP contribution is 2.36. The average molecular weight is 273 g/mol. The van der Waals surface area contributed by atoms with Crippen molar-refractivity contribution in [2.24, 2.45) is 0 Å². The fourth-order valence-corrected chi connectivity index (χ4v) is 3.11. The Morgan fingerprint density at radius 2 is 2.05 bits per heavy atom. The summed E-state index contributed by atoms with van der Waals surface area (Å²) in [5.41, 5.74) is 7.37. The Bertz CT molecular complexity index is 633. The summed E-state index contributed by atoms with van der Waals surface area (Å²) in [5, 5.41) is 4.20. The maximum absolute atomic E-state index is 14.3. The van der Waals surface area contributed by atoms with Gasteiger partial charge in [-0.3, -0.25) is 4.98 Å². The van der Waals surface area contributed by atoms with Crippen LogP contribution in [0, 0.1) is 5.82 Å². The molecule has 20 heavy (non-hydrogen) atoms. The molecule has 0 amide bonds. The molecule has 0 aliphatic heterocycles. The van der Waals surface area contributed by atoms with Crippen LogP contribution in [0.25, 0.3) is 10.9 Å². The SMILES string of the molecule is CC1(Nc2c(F)cc(N)c3cccnc23)CCCCC1. The third kappa shape index (κ3) is 2.30. The van der Waals surface area contributed by atoms with Gasteiger partial charge in [0.2, 0.25) is 0 Å². The lowest BCUT2D eigenvalue weighted by molar-refractivity contribution is 0.348. The summed E-state index contributed by atoms with van der Waals surface area (Å²) in [6, 6.07) is 5.09. The van der Waals surface area contributed by atoms with Crippen LogP contribution in [0.3, 0.4) is 0 Å². The van der Waals surface area contributed by atoms with E-state index < -0.39 is 0 Å². The van der Waals surface area contributed by atoms with Gasteiger partial charge in [-0.1, -0.05) is 19.3 Å². The lowest BCUT2D eigenvalue weighted by Crippen LogP contribution is -2.37. The standard InChI is InChI=1S/C16H20FN3/c1-16(7-3-2-4-8-16)20-15-12(17)10-13(18)11-6-5-9-19-14(11)15/h5-6,9-10,20H,2-4,7-8,18H2,1H3. The molecule has 1 heterocycles. The minimum absolute atomic E-state index is 0.0559. The fourth-order valence-electron chi connectivity index (χ4n) is 3.11. The van der Waals surface area contributed by atoms with Gasteiger partial charge in [0.15, 0.2) is 5.82 Å². The number of hydrogen-bond donors (Lipinski definition) is 2. The normalized spacial score (nSPS) is 18.1. The molecular formula is C16H20FN3. The monoisotopic (exact) mass is 273 g/mol. The van der Waals surface area contributed by atoms with Crippen molar-refractivity contribution in [2.75, 3.05) is 11.1 Å². The van der Waals surface area contributed by atoms with E-state index in [1.54, 1.807) is 6.20 Å². The van der Waals surface area contributed by atoms with Crippen LogP contribution in [0.4, 0.5) is 15.8 Å². The molecule has 1 aliphatic carbocycles. The van der Waals surface area contributed by atoms with Gasteiger partial charge in [-0.25, -0.2) is 4.39 Å². The number of rotatable bonds is 2. The zero-order valence-corrected chi connectivity index (χ0v) is 11.7. The van der Waals surface area contributed by atoms with Crippen LogP contribution < -0.4 is 11.1 Å². The van der Waals surface area contributed by atoms with Crippen LogP contribution in [0.2, 0.25) is 0 Å². The maximum atomic E-state index is 14.3. The molecule has 0 bridgehead atoms. The van der Waals surface area contributed by atoms with Gasteiger partial charge in [0, 0.05) is 22.8 Å². The van der Waals surface area contributed by atoms with Crippen molar-refractivity contribution < 1.29 is 4.39 Å². The zero-order valence-electron chi connectivity index (χ0n) is 11.7. The molecule has 3 rings (SSSR count). The lowest BCUT2D eigenvalue weighted by atomic mass is 9.83. The number of halogens is 1. The number of nitrogens with one attached hydrogen (secondary N) is 1. The van der Waals surface area contributed by atoms with Crippen LogP contribution in [0.1, 0.15) is 39.0 Å². The second-order valence-electron chi connectivity index (χ2n) is 5.97. The van der Waals surface area contributed by atoms with Gasteiger partial charge in [-0.05, 0) is 38.0 Å². The molecule has 0 atom stereocenters. The first-order valence-corrected chi connectivity index (χ1v) is 7.20. The average Bonchev–Trinajstić information content (AvgIpc) is 2.44. The van der Waals surface area contributed by atoms with Crippen LogP contribution in [0.15, 0.2) is 24.4 Å². The van der Waals surface area contributed by atoms with Crippen molar-refractivity contribution in [2.45, 2.75) is 44.6 Å². The Morgan fingerprint density at radius 3 is 2.80 bits per heavy atom. The maximum Gasteiger partial charge on any atom is 0.150 e. The number of hydrogen-bond acceptors (Lipinski definition) is 3. The summed E-state index contributed by atoms with van der Waals surface area (Å²) in [4.78, 5) is 4.32. The fraction of sp³-hybridized carbons (Fsp3) is 0.438. The van der Waals surface area contributed by atoms with Crippen LogP contribution in [-0.2, 0) is 0 Å². The number of anilines is 2. The van der Waals surface area contributed by atoms with E-state index in [1.165, 1.54) is 25.3 Å². The van der Waals surface area contributed by atoms with E-state index in [0.29, 0.717) is 16.9 Å². The van der Waals surface area contributed by atoms with Crippen molar-refractivity contribution in [1.29, 1.82) is 0 Å². The molecule has 1 aromatic carbocycles. The van der Waals surface area contributed by atoms with Gasteiger partial charge in [-0.2, -0.15) is 0 Å². The summed E-state index contributed by atoms with van der Waals surface area (Å²) in [6.07, 6.45) is 7.43. The highest BCUT2D eigenvalue weighted by molar-refractivity contribution is 5.98. The van der Waals surface area contributed by atoms with Crippen molar-refractivity contribution in [3.8, 4) is 0 Å². The molecule has 0 unspecified atom stereocenters. The molecule has 1 aliphatic rings. The first-order chi connectivity index (χ1) is 9.59. The van der Waals surface area contributed by atoms with Gasteiger partial charge >= 0.3 is 0 Å². The molecule has 3 N–H and O–H groups in total. The molecule has 106 valence electrons. The van der Waals surface area contributed by atoms with E-state index in [1.807, 2.05) is 12.1 Å². The van der Waals surface area contributed by atoms with E-state index in [9.17, 15) is 4.39 Å². The number of benzene rings is 1. The predicted octanol–water partition coefficient (Wildman–Crippen LogP) is 4.09. The van der Waals surface area contributed by atoms with Crippen molar-refractivity contribution >= 4 is 22.3 Å². The minimum Gasteiger partial charge on any atom is -0.398 e. The van der Waals surface area contributed by atoms with E-state index in [-0.39, 0.29) is 11.4 Å². The van der Waals surface area contributed by atoms with Gasteiger partial charge in [0.1, 0.15) is 0 Å². The summed E-state index contributed by atoms with van der Waals surface area (Å²) < 4.78 is 14.3. The predicted molar refractivity (Wildman–Crippen MR) is 81.2 cm³/mol. The van der Waals surface area contributed by atoms with E-state index in [4.69, 9.17) is 5.73 Å². The van der Waals surface area contributed by atoms with Crippen LogP contribution in [0.5, 0.6) is 0 Å². The quantitative estimate of drug-likeness (QED) is 0.810. The number of nitrogen functional groups attached to an aromatic ring is 1. The molecule has 3 nitrogen and oxygen atoms in total. The Labute approximate surface area is 118 Å². The molecule has 0 saturated heterocycles. The Hall–Kier alpha value is -1.84. The topological polar surface area (TPSA) is 50.9 Å². The zero-order chi connectivity index (χ0) is 14.2. The third-order valence-corrected chi connectivity index (χ3v) is 4.26. The largest absolute Gasteiger partial charge is 0.398 e. The first-order valence-electron chi connectivity index (χ1n) is 7.20. The van der Waals surface area contributed by atoms with Crippen LogP contribution in [-0.4, -0.2) is 10.5 Å². The number of aromatic nitrogens is 1. The Balaban J connectivity index is 2.06. The van der Waals surface area contributed by atoms with Gasteiger partial charge in [-0.15, -0.1) is 0 Å². The molecule has 1 saturated carbocycles. The van der Waals surface area contributed by atoms with Crippen LogP contribution >= 0.6 is 0 Å². The van der Waals surface area contributed by atoms with Gasteiger partial charge < -0.3 is 11.1 Å². The first kappa shape index (κ1) is 13.2. The molecule has 2 aromatic rings. The molecule has 1 aromatic heterocycles. The number of pyridine rings is 1. The van der Waals surface area contributed by atoms with Gasteiger partial charge in [0.05, 0.1) is 11.2 Å². The van der Waals surface area contributed by atoms with Crippen molar-refractivity contribution in [3.05, 3.63) is 30.2 Å². The molecule has 4 heteroatoms. The molecule has 1 fully saturated rings. The second-order valence-corrected chi connectivity index (χ2v) is 5.97. The number of nitrogens with zero attached hydrogens (tertiary/aromatic N) is 1. The lowest BCUT2D eigenvalue weighted by Gasteiger charge is -2.36. The smallest absolute Gasteiger partial charge is 0.150 e. The highest BCUT2D eigenvalue weighted by atomic mass is 19.1. The summed E-state index contributed by atoms with van der Waals surface area (Å²) in [7, 11) is 0. The second kappa shape index (κ2) is 4.93. The molecule has 0 radical (unpaired) electrons. The number of nitrogens with two attached hydrogens (primary N) is 1. The number of fused-ring (bicyclic) bond motifs is 1. The third-order valence-electron chi connectivity index (χ3n) is 4.26.